The average molecular weight is 589 g/mol. The molecule has 3 heteroatoms. The van der Waals surface area contributed by atoms with Gasteiger partial charge in [0, 0.05) is 0 Å². The average Bonchev–Trinajstić information content (AvgIpc) is 2.99. The van der Waals surface area contributed by atoms with E-state index in [1.165, 1.54) is 140 Å². The first-order valence-electron chi connectivity index (χ1n) is 18.8. The van der Waals surface area contributed by atoms with Crippen molar-refractivity contribution in [2.45, 2.75) is 195 Å². The smallest absolute Gasteiger partial charge is 0.203 e. The van der Waals surface area contributed by atoms with Gasteiger partial charge in [0.25, 0.3) is 0 Å². The maximum atomic E-state index is 6.46. The second-order valence-electron chi connectivity index (χ2n) is 12.6. The molecule has 0 unspecified atom stereocenters. The molecule has 0 atom stereocenters. The molecule has 1 aromatic rings. The molecular formula is C39H72O3. The summed E-state index contributed by atoms with van der Waals surface area (Å²) < 4.78 is 19.3. The molecule has 0 radical (unpaired) electrons. The van der Waals surface area contributed by atoms with Gasteiger partial charge < -0.3 is 14.2 Å². The lowest BCUT2D eigenvalue weighted by atomic mass is 10.1. The second-order valence-corrected chi connectivity index (χ2v) is 12.6. The normalized spacial score (nSPS) is 11.2. The van der Waals surface area contributed by atoms with Gasteiger partial charge >= 0.3 is 0 Å². The molecular weight excluding hydrogens is 516 g/mol. The van der Waals surface area contributed by atoms with Gasteiger partial charge in [0.15, 0.2) is 11.5 Å². The van der Waals surface area contributed by atoms with Gasteiger partial charge in [0.2, 0.25) is 5.75 Å². The number of rotatable bonds is 32. The Morgan fingerprint density at radius 2 is 0.667 bits per heavy atom. The van der Waals surface area contributed by atoms with Crippen molar-refractivity contribution < 1.29 is 14.2 Å². The van der Waals surface area contributed by atoms with Gasteiger partial charge in [-0.2, -0.15) is 0 Å². The molecule has 42 heavy (non-hydrogen) atoms. The highest BCUT2D eigenvalue weighted by Crippen LogP contribution is 2.40. The van der Waals surface area contributed by atoms with Crippen molar-refractivity contribution in [3.8, 4) is 17.2 Å². The second kappa shape index (κ2) is 29.7. The fraction of sp³-hybridized carbons (Fsp3) is 0.846. The van der Waals surface area contributed by atoms with E-state index in [9.17, 15) is 0 Å². The first-order valence-corrected chi connectivity index (χ1v) is 18.8. The molecule has 0 saturated carbocycles. The molecule has 0 amide bonds. The Balaban J connectivity index is 2.66. The van der Waals surface area contributed by atoms with E-state index in [1.54, 1.807) is 0 Å². The zero-order valence-electron chi connectivity index (χ0n) is 28.9. The maximum Gasteiger partial charge on any atom is 0.203 e. The minimum Gasteiger partial charge on any atom is -0.490 e. The summed E-state index contributed by atoms with van der Waals surface area (Å²) in [5.41, 5.74) is 1.30. The molecule has 3 nitrogen and oxygen atoms in total. The number of hydrogen-bond donors (Lipinski definition) is 0. The van der Waals surface area contributed by atoms with E-state index >= 15 is 0 Å². The third-order valence-electron chi connectivity index (χ3n) is 8.37. The van der Waals surface area contributed by atoms with E-state index in [2.05, 4.69) is 39.8 Å². The van der Waals surface area contributed by atoms with Crippen molar-refractivity contribution >= 4 is 0 Å². The van der Waals surface area contributed by atoms with Crippen LogP contribution in [0, 0.1) is 0 Å². The number of benzene rings is 1. The van der Waals surface area contributed by atoms with Crippen LogP contribution < -0.4 is 14.2 Å². The van der Waals surface area contributed by atoms with E-state index in [0.29, 0.717) is 0 Å². The number of ether oxygens (including phenoxy) is 3. The van der Waals surface area contributed by atoms with Crippen LogP contribution in [0.15, 0.2) is 12.1 Å². The number of unbranched alkanes of at least 4 members (excludes halogenated alkanes) is 21. The standard InChI is InChI=1S/C39H72O3/c1-5-9-12-15-18-21-24-27-31-40-37-34-36(30-8-4)35-38(41-32-28-25-22-19-16-13-10-6-2)39(37)42-33-29-26-23-20-17-14-11-7-3/h34-35H,5-33H2,1-4H3. The van der Waals surface area contributed by atoms with Gasteiger partial charge in [-0.15, -0.1) is 0 Å². The topological polar surface area (TPSA) is 27.7 Å². The Labute approximate surface area is 263 Å². The Hall–Kier alpha value is -1.38. The minimum absolute atomic E-state index is 0.740. The van der Waals surface area contributed by atoms with Crippen LogP contribution in [0.1, 0.15) is 194 Å². The van der Waals surface area contributed by atoms with Gasteiger partial charge in [-0.3, -0.25) is 0 Å². The number of aryl methyl sites for hydroxylation is 1. The van der Waals surface area contributed by atoms with E-state index in [1.807, 2.05) is 0 Å². The summed E-state index contributed by atoms with van der Waals surface area (Å²) >= 11 is 0. The molecule has 0 N–H and O–H groups in total. The quantitative estimate of drug-likeness (QED) is 0.0783. The summed E-state index contributed by atoms with van der Waals surface area (Å²) in [4.78, 5) is 0. The van der Waals surface area contributed by atoms with Crippen molar-refractivity contribution in [2.75, 3.05) is 19.8 Å². The van der Waals surface area contributed by atoms with Crippen LogP contribution in [0.2, 0.25) is 0 Å². The largest absolute Gasteiger partial charge is 0.490 e. The summed E-state index contributed by atoms with van der Waals surface area (Å²) in [5.74, 6) is 2.64. The molecule has 0 heterocycles. The highest BCUT2D eigenvalue weighted by Gasteiger charge is 2.16. The molecule has 0 saturated heterocycles. The van der Waals surface area contributed by atoms with Gasteiger partial charge in [-0.05, 0) is 43.4 Å². The molecule has 0 aromatic heterocycles. The molecule has 0 aliphatic rings. The lowest BCUT2D eigenvalue weighted by Gasteiger charge is -2.19. The molecule has 1 aromatic carbocycles. The predicted molar refractivity (Wildman–Crippen MR) is 185 cm³/mol. The minimum atomic E-state index is 0.740. The zero-order chi connectivity index (χ0) is 30.4. The van der Waals surface area contributed by atoms with E-state index in [-0.39, 0.29) is 0 Å². The van der Waals surface area contributed by atoms with Crippen molar-refractivity contribution in [3.05, 3.63) is 17.7 Å². The molecule has 0 bridgehead atoms. The molecule has 0 spiro atoms. The first-order chi connectivity index (χ1) is 20.8. The Morgan fingerprint density at radius 1 is 0.357 bits per heavy atom. The van der Waals surface area contributed by atoms with Gasteiger partial charge in [0.1, 0.15) is 0 Å². The molecule has 0 aliphatic carbocycles. The predicted octanol–water partition coefficient (Wildman–Crippen LogP) is 13.2. The van der Waals surface area contributed by atoms with Crippen LogP contribution in [0.5, 0.6) is 17.2 Å². The third kappa shape index (κ3) is 21.3. The van der Waals surface area contributed by atoms with Gasteiger partial charge in [-0.25, -0.2) is 0 Å². The summed E-state index contributed by atoms with van der Waals surface area (Å²) in [6, 6.07) is 4.45. The van der Waals surface area contributed by atoms with E-state index in [4.69, 9.17) is 14.2 Å². The Bertz CT molecular complexity index is 658. The number of hydrogen-bond acceptors (Lipinski definition) is 3. The zero-order valence-corrected chi connectivity index (χ0v) is 28.9. The maximum absolute atomic E-state index is 6.46. The highest BCUT2D eigenvalue weighted by molar-refractivity contribution is 5.54. The molecule has 246 valence electrons. The van der Waals surface area contributed by atoms with Crippen molar-refractivity contribution in [3.63, 3.8) is 0 Å². The fourth-order valence-corrected chi connectivity index (χ4v) is 5.67. The van der Waals surface area contributed by atoms with Crippen LogP contribution in [-0.4, -0.2) is 19.8 Å². The molecule has 0 aliphatic heterocycles. The highest BCUT2D eigenvalue weighted by atomic mass is 16.5. The third-order valence-corrected chi connectivity index (χ3v) is 8.37. The van der Waals surface area contributed by atoms with Gasteiger partial charge in [-0.1, -0.05) is 169 Å². The SMILES string of the molecule is CCCCCCCCCCOc1cc(CCC)cc(OCCCCCCCCCC)c1OCCCCCCCCCC. The lowest BCUT2D eigenvalue weighted by Crippen LogP contribution is -2.07. The Morgan fingerprint density at radius 3 is 1.00 bits per heavy atom. The fourth-order valence-electron chi connectivity index (χ4n) is 5.67. The van der Waals surface area contributed by atoms with E-state index in [0.717, 1.165) is 69.2 Å². The summed E-state index contributed by atoms with van der Waals surface area (Å²) in [6.45, 7) is 11.4. The van der Waals surface area contributed by atoms with Crippen LogP contribution in [0.4, 0.5) is 0 Å². The lowest BCUT2D eigenvalue weighted by molar-refractivity contribution is 0.234. The summed E-state index contributed by atoms with van der Waals surface area (Å²) in [6.07, 6.45) is 33.6. The van der Waals surface area contributed by atoms with Crippen molar-refractivity contribution in [1.82, 2.24) is 0 Å². The summed E-state index contributed by atoms with van der Waals surface area (Å²) in [5, 5.41) is 0. The van der Waals surface area contributed by atoms with Crippen molar-refractivity contribution in [1.29, 1.82) is 0 Å². The summed E-state index contributed by atoms with van der Waals surface area (Å²) in [7, 11) is 0. The Kier molecular flexibility index (Phi) is 27.3. The van der Waals surface area contributed by atoms with Crippen LogP contribution >= 0.6 is 0 Å². The van der Waals surface area contributed by atoms with Crippen LogP contribution in [-0.2, 0) is 6.42 Å². The van der Waals surface area contributed by atoms with E-state index < -0.39 is 0 Å². The first kappa shape index (κ1) is 38.6. The molecule has 1 rings (SSSR count). The van der Waals surface area contributed by atoms with Gasteiger partial charge in [0.05, 0.1) is 19.8 Å². The van der Waals surface area contributed by atoms with Crippen molar-refractivity contribution in [2.24, 2.45) is 0 Å². The van der Waals surface area contributed by atoms with Crippen LogP contribution in [0.3, 0.4) is 0 Å². The monoisotopic (exact) mass is 589 g/mol. The molecule has 0 fully saturated rings. The van der Waals surface area contributed by atoms with Crippen LogP contribution in [0.25, 0.3) is 0 Å².